The molecule has 0 radical (unpaired) electrons. The largest absolute Gasteiger partial charge is 0.462 e. The molecule has 2 aliphatic rings. The number of amides is 1. The lowest BCUT2D eigenvalue weighted by Crippen LogP contribution is -2.27. The highest BCUT2D eigenvalue weighted by atomic mass is 32.1. The SMILES string of the molecule is CCOC(=O)c1sc(NC(=O)[C@@H]2C[C@H]3CC[C@H]2C3)c(C#N)c1C. The van der Waals surface area contributed by atoms with Crippen LogP contribution in [0.2, 0.25) is 0 Å². The van der Waals surface area contributed by atoms with Crippen LogP contribution in [-0.4, -0.2) is 18.5 Å². The second kappa shape index (κ2) is 6.32. The number of ether oxygens (including phenoxy) is 1. The Labute approximate surface area is 139 Å². The van der Waals surface area contributed by atoms with Crippen LogP contribution in [0.5, 0.6) is 0 Å². The second-order valence-electron chi connectivity index (χ2n) is 6.36. The van der Waals surface area contributed by atoms with Crippen LogP contribution in [0.3, 0.4) is 0 Å². The number of thiophene rings is 1. The molecule has 0 aromatic carbocycles. The average Bonchev–Trinajstić information content (AvgIpc) is 3.22. The van der Waals surface area contributed by atoms with Crippen molar-refractivity contribution >= 4 is 28.2 Å². The molecule has 1 aromatic rings. The van der Waals surface area contributed by atoms with E-state index in [1.54, 1.807) is 13.8 Å². The summed E-state index contributed by atoms with van der Waals surface area (Å²) in [5.41, 5.74) is 0.953. The zero-order chi connectivity index (χ0) is 16.6. The molecule has 3 atom stereocenters. The maximum atomic E-state index is 12.6. The Hall–Kier alpha value is -1.87. The van der Waals surface area contributed by atoms with Gasteiger partial charge in [-0.15, -0.1) is 11.3 Å². The molecule has 0 aliphatic heterocycles. The van der Waals surface area contributed by atoms with E-state index in [-0.39, 0.29) is 18.4 Å². The molecule has 1 N–H and O–H groups in total. The molecule has 1 aromatic heterocycles. The van der Waals surface area contributed by atoms with Crippen molar-refractivity contribution < 1.29 is 14.3 Å². The third kappa shape index (κ3) is 2.86. The van der Waals surface area contributed by atoms with Gasteiger partial charge < -0.3 is 10.1 Å². The van der Waals surface area contributed by atoms with Crippen LogP contribution in [0, 0.1) is 36.0 Å². The van der Waals surface area contributed by atoms with Crippen LogP contribution in [0.4, 0.5) is 5.00 Å². The minimum atomic E-state index is -0.438. The Balaban J connectivity index is 1.80. The molecular weight excluding hydrogens is 312 g/mol. The highest BCUT2D eigenvalue weighted by molar-refractivity contribution is 7.18. The van der Waals surface area contributed by atoms with Gasteiger partial charge in [0.1, 0.15) is 15.9 Å². The van der Waals surface area contributed by atoms with Crippen LogP contribution >= 0.6 is 11.3 Å². The Morgan fingerprint density at radius 3 is 2.74 bits per heavy atom. The molecule has 3 rings (SSSR count). The standard InChI is InChI=1S/C17H20N2O3S/c1-3-22-17(21)14-9(2)13(8-18)16(23-14)19-15(20)12-7-10-4-5-11(12)6-10/h10-12H,3-7H2,1-2H3,(H,19,20)/t10-,11-,12+/m0/s1. The maximum Gasteiger partial charge on any atom is 0.348 e. The summed E-state index contributed by atoms with van der Waals surface area (Å²) in [7, 11) is 0. The highest BCUT2D eigenvalue weighted by Gasteiger charge is 2.43. The lowest BCUT2D eigenvalue weighted by molar-refractivity contribution is -0.121. The first-order valence-electron chi connectivity index (χ1n) is 8.06. The molecule has 23 heavy (non-hydrogen) atoms. The summed E-state index contributed by atoms with van der Waals surface area (Å²) >= 11 is 1.14. The molecule has 6 heteroatoms. The predicted molar refractivity (Wildman–Crippen MR) is 87.3 cm³/mol. The van der Waals surface area contributed by atoms with Gasteiger partial charge in [0.2, 0.25) is 5.91 Å². The Morgan fingerprint density at radius 2 is 2.17 bits per heavy atom. The van der Waals surface area contributed by atoms with Crippen molar-refractivity contribution in [3.05, 3.63) is 16.0 Å². The number of fused-ring (bicyclic) bond motifs is 2. The zero-order valence-electron chi connectivity index (χ0n) is 13.3. The number of nitrogens with one attached hydrogen (secondary N) is 1. The molecule has 1 amide bonds. The predicted octanol–water partition coefficient (Wildman–Crippen LogP) is 3.48. The highest BCUT2D eigenvalue weighted by Crippen LogP contribution is 2.48. The summed E-state index contributed by atoms with van der Waals surface area (Å²) in [4.78, 5) is 24.9. The number of anilines is 1. The molecule has 1 heterocycles. The van der Waals surface area contributed by atoms with Gasteiger partial charge in [0.15, 0.2) is 0 Å². The average molecular weight is 332 g/mol. The first kappa shape index (κ1) is 16.0. The quantitative estimate of drug-likeness (QED) is 0.856. The molecule has 5 nitrogen and oxygen atoms in total. The first-order chi connectivity index (χ1) is 11.0. The van der Waals surface area contributed by atoms with E-state index in [2.05, 4.69) is 11.4 Å². The molecule has 0 unspecified atom stereocenters. The molecular formula is C17H20N2O3S. The van der Waals surface area contributed by atoms with E-state index >= 15 is 0 Å². The number of esters is 1. The molecule has 2 aliphatic carbocycles. The maximum absolute atomic E-state index is 12.6. The Bertz CT molecular complexity index is 689. The van der Waals surface area contributed by atoms with Gasteiger partial charge in [-0.1, -0.05) is 6.42 Å². The van der Waals surface area contributed by atoms with Crippen molar-refractivity contribution in [1.29, 1.82) is 5.26 Å². The summed E-state index contributed by atoms with van der Waals surface area (Å²) in [5, 5.41) is 12.7. The fourth-order valence-electron chi connectivity index (χ4n) is 3.90. The Kier molecular flexibility index (Phi) is 4.40. The summed E-state index contributed by atoms with van der Waals surface area (Å²) < 4.78 is 5.02. The van der Waals surface area contributed by atoms with E-state index in [0.29, 0.717) is 32.8 Å². The lowest BCUT2D eigenvalue weighted by Gasteiger charge is -2.20. The van der Waals surface area contributed by atoms with E-state index in [0.717, 1.165) is 30.6 Å². The van der Waals surface area contributed by atoms with E-state index in [1.807, 2.05) is 0 Å². The number of hydrogen-bond donors (Lipinski definition) is 1. The van der Waals surface area contributed by atoms with Crippen molar-refractivity contribution in [2.45, 2.75) is 39.5 Å². The fraction of sp³-hybridized carbons (Fsp3) is 0.588. The van der Waals surface area contributed by atoms with E-state index in [9.17, 15) is 14.9 Å². The smallest absolute Gasteiger partial charge is 0.348 e. The van der Waals surface area contributed by atoms with Crippen LogP contribution in [0.15, 0.2) is 0 Å². The summed E-state index contributed by atoms with van der Waals surface area (Å²) in [5.74, 6) is 0.772. The molecule has 0 spiro atoms. The molecule has 122 valence electrons. The van der Waals surface area contributed by atoms with Gasteiger partial charge in [0.05, 0.1) is 12.2 Å². The third-order valence-corrected chi connectivity index (χ3v) is 6.22. The van der Waals surface area contributed by atoms with Crippen molar-refractivity contribution in [1.82, 2.24) is 0 Å². The normalized spacial score (nSPS) is 25.2. The number of carbonyl (C=O) groups is 2. The molecule has 2 bridgehead atoms. The van der Waals surface area contributed by atoms with Gasteiger partial charge in [-0.25, -0.2) is 4.79 Å². The number of carbonyl (C=O) groups excluding carboxylic acids is 2. The first-order valence-corrected chi connectivity index (χ1v) is 8.88. The van der Waals surface area contributed by atoms with Crippen molar-refractivity contribution in [2.75, 3.05) is 11.9 Å². The molecule has 2 saturated carbocycles. The number of nitriles is 1. The van der Waals surface area contributed by atoms with Gasteiger partial charge in [0, 0.05) is 5.92 Å². The Morgan fingerprint density at radius 1 is 1.39 bits per heavy atom. The minimum Gasteiger partial charge on any atom is -0.462 e. The molecule has 0 saturated heterocycles. The van der Waals surface area contributed by atoms with E-state index in [4.69, 9.17) is 4.74 Å². The third-order valence-electron chi connectivity index (χ3n) is 5.03. The van der Waals surface area contributed by atoms with Crippen molar-refractivity contribution in [3.8, 4) is 6.07 Å². The van der Waals surface area contributed by atoms with E-state index < -0.39 is 5.97 Å². The fourth-order valence-corrected chi connectivity index (χ4v) is 4.95. The van der Waals surface area contributed by atoms with Crippen LogP contribution in [0.1, 0.15) is 53.4 Å². The topological polar surface area (TPSA) is 79.2 Å². The van der Waals surface area contributed by atoms with Crippen molar-refractivity contribution in [2.24, 2.45) is 17.8 Å². The monoisotopic (exact) mass is 332 g/mol. The number of hydrogen-bond acceptors (Lipinski definition) is 5. The van der Waals surface area contributed by atoms with Crippen LogP contribution in [0.25, 0.3) is 0 Å². The van der Waals surface area contributed by atoms with Gasteiger partial charge in [0.25, 0.3) is 0 Å². The van der Waals surface area contributed by atoms with Gasteiger partial charge >= 0.3 is 5.97 Å². The number of rotatable bonds is 4. The second-order valence-corrected chi connectivity index (χ2v) is 7.38. The van der Waals surface area contributed by atoms with Crippen LogP contribution < -0.4 is 5.32 Å². The minimum absolute atomic E-state index is 0.00893. The lowest BCUT2D eigenvalue weighted by atomic mass is 9.88. The van der Waals surface area contributed by atoms with Gasteiger partial charge in [-0.3, -0.25) is 4.79 Å². The summed E-state index contributed by atoms with van der Waals surface area (Å²) in [6, 6.07) is 2.10. The van der Waals surface area contributed by atoms with Crippen LogP contribution in [-0.2, 0) is 9.53 Å². The summed E-state index contributed by atoms with van der Waals surface area (Å²) in [6.45, 7) is 3.74. The van der Waals surface area contributed by atoms with Gasteiger partial charge in [-0.2, -0.15) is 5.26 Å². The zero-order valence-corrected chi connectivity index (χ0v) is 14.2. The molecule has 2 fully saturated rings. The van der Waals surface area contributed by atoms with Gasteiger partial charge in [-0.05, 0) is 50.5 Å². The number of nitrogens with zero attached hydrogens (tertiary/aromatic N) is 1. The van der Waals surface area contributed by atoms with Crippen molar-refractivity contribution in [3.63, 3.8) is 0 Å². The van der Waals surface area contributed by atoms with E-state index in [1.165, 1.54) is 6.42 Å². The summed E-state index contributed by atoms with van der Waals surface area (Å²) in [6.07, 6.45) is 4.47.